The van der Waals surface area contributed by atoms with Crippen molar-refractivity contribution in [2.45, 2.75) is 82.3 Å². The Morgan fingerprint density at radius 1 is 1.24 bits per heavy atom. The summed E-state index contributed by atoms with van der Waals surface area (Å²) in [7, 11) is 0. The molecule has 184 valence electrons. The molecule has 5 atom stereocenters. The third-order valence-electron chi connectivity index (χ3n) is 7.96. The molecule has 1 aliphatic heterocycles. The minimum absolute atomic E-state index is 0.0543. The molecule has 3 aliphatic rings. The molecule has 5 heteroatoms. The zero-order chi connectivity index (χ0) is 24.4. The first-order chi connectivity index (χ1) is 16.2. The van der Waals surface area contributed by atoms with Gasteiger partial charge in [-0.3, -0.25) is 4.79 Å². The van der Waals surface area contributed by atoms with E-state index in [0.29, 0.717) is 25.9 Å². The van der Waals surface area contributed by atoms with Gasteiger partial charge in [0, 0.05) is 18.3 Å². The lowest BCUT2D eigenvalue weighted by molar-refractivity contribution is -0.152. The highest BCUT2D eigenvalue weighted by Crippen LogP contribution is 2.55. The summed E-state index contributed by atoms with van der Waals surface area (Å²) >= 11 is 0. The molecule has 1 saturated heterocycles. The van der Waals surface area contributed by atoms with Crippen molar-refractivity contribution >= 4 is 5.97 Å². The summed E-state index contributed by atoms with van der Waals surface area (Å²) in [5.41, 5.74) is -1.92. The van der Waals surface area contributed by atoms with E-state index < -0.39 is 22.6 Å². The van der Waals surface area contributed by atoms with Crippen LogP contribution in [-0.2, 0) is 9.53 Å². The standard InChI is InChI=1S/C29H38O5/c1-3-4-8-13-27(2,32)15-16-28(26(30)31)14-11-24(21-9-6-5-7-10-21)29(33,20-28)23-18-22-12-17-34-25(22)19-23/h5-7,9-10,15-16,18-19,22,24,32-33H,3-4,8,11-14,17,20H2,1-2H3,(H,30,31)/b16-15+/t22-,24?,27?,28+,29?/m1/s1. The number of carboxylic acids is 1. The third kappa shape index (κ3) is 4.87. The number of hydrogen-bond acceptors (Lipinski definition) is 4. The average molecular weight is 467 g/mol. The maximum absolute atomic E-state index is 12.7. The van der Waals surface area contributed by atoms with Crippen molar-refractivity contribution in [1.29, 1.82) is 0 Å². The molecular formula is C29H38O5. The fraction of sp³-hybridized carbons (Fsp3) is 0.552. The molecule has 0 spiro atoms. The molecule has 4 rings (SSSR count). The largest absolute Gasteiger partial charge is 0.497 e. The average Bonchev–Trinajstić information content (AvgIpc) is 3.41. The number of ether oxygens (including phenoxy) is 1. The summed E-state index contributed by atoms with van der Waals surface area (Å²) in [6.07, 6.45) is 12.7. The van der Waals surface area contributed by atoms with Crippen LogP contribution in [0.5, 0.6) is 0 Å². The van der Waals surface area contributed by atoms with E-state index in [9.17, 15) is 20.1 Å². The number of allylic oxidation sites excluding steroid dienone is 1. The van der Waals surface area contributed by atoms with Gasteiger partial charge in [0.25, 0.3) is 0 Å². The van der Waals surface area contributed by atoms with E-state index in [1.807, 2.05) is 36.4 Å². The molecule has 3 N–H and O–H groups in total. The highest BCUT2D eigenvalue weighted by Gasteiger charge is 2.55. The second kappa shape index (κ2) is 9.71. The Bertz CT molecular complexity index is 975. The fourth-order valence-electron chi connectivity index (χ4n) is 5.87. The van der Waals surface area contributed by atoms with Crippen molar-refractivity contribution in [2.75, 3.05) is 6.61 Å². The number of hydrogen-bond donors (Lipinski definition) is 3. The Morgan fingerprint density at radius 3 is 2.68 bits per heavy atom. The molecule has 0 aromatic heterocycles. The monoisotopic (exact) mass is 466 g/mol. The second-order valence-corrected chi connectivity index (χ2v) is 10.6. The zero-order valence-corrected chi connectivity index (χ0v) is 20.4. The lowest BCUT2D eigenvalue weighted by Crippen LogP contribution is -2.50. The van der Waals surface area contributed by atoms with Gasteiger partial charge >= 0.3 is 5.97 Å². The van der Waals surface area contributed by atoms with Gasteiger partial charge in [0.05, 0.1) is 23.2 Å². The van der Waals surface area contributed by atoms with Gasteiger partial charge in [-0.2, -0.15) is 0 Å². The molecule has 2 aliphatic carbocycles. The summed E-state index contributed by atoms with van der Waals surface area (Å²) < 4.78 is 5.76. The van der Waals surface area contributed by atoms with Crippen LogP contribution in [0.15, 0.2) is 66.0 Å². The summed E-state index contributed by atoms with van der Waals surface area (Å²) in [5.74, 6) is -0.148. The molecule has 3 unspecified atom stereocenters. The van der Waals surface area contributed by atoms with Gasteiger partial charge in [0.2, 0.25) is 0 Å². The van der Waals surface area contributed by atoms with Crippen LogP contribution in [0.2, 0.25) is 0 Å². The van der Waals surface area contributed by atoms with Crippen molar-refractivity contribution < 1.29 is 24.9 Å². The van der Waals surface area contributed by atoms with Crippen LogP contribution in [-0.4, -0.2) is 39.1 Å². The number of aliphatic carboxylic acids is 1. The Balaban J connectivity index is 1.69. The Morgan fingerprint density at radius 2 is 2.00 bits per heavy atom. The Hall–Kier alpha value is -2.37. The van der Waals surface area contributed by atoms with E-state index >= 15 is 0 Å². The van der Waals surface area contributed by atoms with Gasteiger partial charge < -0.3 is 20.1 Å². The van der Waals surface area contributed by atoms with E-state index in [2.05, 4.69) is 13.0 Å². The molecule has 1 saturated carbocycles. The number of aliphatic hydroxyl groups is 2. The van der Waals surface area contributed by atoms with Crippen LogP contribution in [0.1, 0.15) is 76.7 Å². The number of benzene rings is 1. The normalized spacial score (nSPS) is 32.6. The third-order valence-corrected chi connectivity index (χ3v) is 7.96. The van der Waals surface area contributed by atoms with Crippen molar-refractivity contribution in [2.24, 2.45) is 11.3 Å². The first kappa shape index (κ1) is 24.7. The highest BCUT2D eigenvalue weighted by atomic mass is 16.5. The zero-order valence-electron chi connectivity index (χ0n) is 20.4. The van der Waals surface area contributed by atoms with E-state index in [4.69, 9.17) is 4.74 Å². The van der Waals surface area contributed by atoms with Crippen molar-refractivity contribution in [3.63, 3.8) is 0 Å². The first-order valence-electron chi connectivity index (χ1n) is 12.7. The number of fused-ring (bicyclic) bond motifs is 1. The smallest absolute Gasteiger partial charge is 0.313 e. The summed E-state index contributed by atoms with van der Waals surface area (Å²) in [4.78, 5) is 12.7. The van der Waals surface area contributed by atoms with Crippen LogP contribution in [0.3, 0.4) is 0 Å². The van der Waals surface area contributed by atoms with Gasteiger partial charge in [-0.25, -0.2) is 0 Å². The Kier molecular flexibility index (Phi) is 7.07. The van der Waals surface area contributed by atoms with Gasteiger partial charge in [-0.15, -0.1) is 0 Å². The lowest BCUT2D eigenvalue weighted by atomic mass is 9.58. The summed E-state index contributed by atoms with van der Waals surface area (Å²) in [6.45, 7) is 4.52. The first-order valence-corrected chi connectivity index (χ1v) is 12.7. The molecule has 2 fully saturated rings. The summed E-state index contributed by atoms with van der Waals surface area (Å²) in [6, 6.07) is 9.89. The van der Waals surface area contributed by atoms with E-state index in [1.54, 1.807) is 19.1 Å². The van der Waals surface area contributed by atoms with Crippen LogP contribution >= 0.6 is 0 Å². The maximum atomic E-state index is 12.7. The van der Waals surface area contributed by atoms with Gasteiger partial charge in [0.15, 0.2) is 0 Å². The van der Waals surface area contributed by atoms with Gasteiger partial charge in [-0.05, 0) is 49.8 Å². The van der Waals surface area contributed by atoms with Crippen LogP contribution in [0.4, 0.5) is 0 Å². The van der Waals surface area contributed by atoms with Crippen molar-refractivity contribution in [3.05, 3.63) is 71.5 Å². The SMILES string of the molecule is CCCCCC(C)(O)/C=C/[C@@]1(C(=O)O)CCC(c2ccccc2)C(O)(C2=C[C@H]3CCOC3=C2)C1. The molecule has 0 amide bonds. The molecule has 34 heavy (non-hydrogen) atoms. The van der Waals surface area contributed by atoms with Crippen LogP contribution < -0.4 is 0 Å². The molecule has 1 aromatic carbocycles. The Labute approximate surface area is 202 Å². The minimum atomic E-state index is -1.35. The topological polar surface area (TPSA) is 87.0 Å². The molecule has 5 nitrogen and oxygen atoms in total. The van der Waals surface area contributed by atoms with E-state index in [-0.39, 0.29) is 18.3 Å². The predicted octanol–water partition coefficient (Wildman–Crippen LogP) is 5.50. The predicted molar refractivity (Wildman–Crippen MR) is 132 cm³/mol. The quantitative estimate of drug-likeness (QED) is 0.330. The van der Waals surface area contributed by atoms with Crippen LogP contribution in [0.25, 0.3) is 0 Å². The lowest BCUT2D eigenvalue weighted by Gasteiger charge is -2.48. The molecule has 0 bridgehead atoms. The number of carbonyl (C=O) groups is 1. The van der Waals surface area contributed by atoms with Gasteiger partial charge in [0.1, 0.15) is 5.76 Å². The number of unbranched alkanes of at least 4 members (excludes halogenated alkanes) is 2. The number of carboxylic acid groups (broad SMARTS) is 1. The molecule has 1 aromatic rings. The maximum Gasteiger partial charge on any atom is 0.313 e. The van der Waals surface area contributed by atoms with Crippen LogP contribution in [0, 0.1) is 11.3 Å². The molecule has 1 heterocycles. The second-order valence-electron chi connectivity index (χ2n) is 10.6. The van der Waals surface area contributed by atoms with E-state index in [0.717, 1.165) is 42.6 Å². The highest BCUT2D eigenvalue weighted by molar-refractivity contribution is 5.78. The molecular weight excluding hydrogens is 428 g/mol. The van der Waals surface area contributed by atoms with E-state index in [1.165, 1.54) is 0 Å². The van der Waals surface area contributed by atoms with Crippen molar-refractivity contribution in [3.8, 4) is 0 Å². The molecule has 0 radical (unpaired) electrons. The minimum Gasteiger partial charge on any atom is -0.497 e. The number of rotatable bonds is 9. The fourth-order valence-corrected chi connectivity index (χ4v) is 5.87. The van der Waals surface area contributed by atoms with Gasteiger partial charge in [-0.1, -0.05) is 74.7 Å². The van der Waals surface area contributed by atoms with Crippen molar-refractivity contribution in [1.82, 2.24) is 0 Å². The summed E-state index contributed by atoms with van der Waals surface area (Å²) in [5, 5.41) is 33.6.